The van der Waals surface area contributed by atoms with Gasteiger partial charge in [0.15, 0.2) is 0 Å². The molecule has 0 aromatic carbocycles. The van der Waals surface area contributed by atoms with Crippen molar-refractivity contribution >= 4 is 0 Å². The first-order valence-corrected chi connectivity index (χ1v) is 8.87. The minimum atomic E-state index is 0.202. The SMILES string of the molecule is CC(C)CN(CC1(CNC(C)(C)C)CCOCC1)C1CC1. The summed E-state index contributed by atoms with van der Waals surface area (Å²) in [5, 5.41) is 3.77. The second-order valence-corrected chi connectivity index (χ2v) is 8.77. The Hall–Kier alpha value is -0.120. The molecule has 2 fully saturated rings. The molecular formula is C18H36N2O. The second-order valence-electron chi connectivity index (χ2n) is 8.77. The highest BCUT2D eigenvalue weighted by atomic mass is 16.5. The average molecular weight is 296 g/mol. The van der Waals surface area contributed by atoms with Crippen molar-refractivity contribution in [1.29, 1.82) is 0 Å². The fraction of sp³-hybridized carbons (Fsp3) is 1.00. The highest BCUT2D eigenvalue weighted by molar-refractivity contribution is 4.94. The lowest BCUT2D eigenvalue weighted by Gasteiger charge is -2.43. The van der Waals surface area contributed by atoms with Crippen LogP contribution in [-0.2, 0) is 4.74 Å². The lowest BCUT2D eigenvalue weighted by atomic mass is 9.78. The summed E-state index contributed by atoms with van der Waals surface area (Å²) >= 11 is 0. The minimum Gasteiger partial charge on any atom is -0.381 e. The summed E-state index contributed by atoms with van der Waals surface area (Å²) < 4.78 is 5.65. The van der Waals surface area contributed by atoms with Crippen LogP contribution in [0.25, 0.3) is 0 Å². The molecule has 1 heterocycles. The van der Waals surface area contributed by atoms with Gasteiger partial charge < -0.3 is 10.1 Å². The van der Waals surface area contributed by atoms with Crippen LogP contribution in [0.2, 0.25) is 0 Å². The number of nitrogens with one attached hydrogen (secondary N) is 1. The van der Waals surface area contributed by atoms with E-state index in [4.69, 9.17) is 4.74 Å². The van der Waals surface area contributed by atoms with Crippen LogP contribution in [0.3, 0.4) is 0 Å². The average Bonchev–Trinajstić information content (AvgIpc) is 3.20. The lowest BCUT2D eigenvalue weighted by molar-refractivity contribution is -0.0102. The quantitative estimate of drug-likeness (QED) is 0.780. The molecule has 3 heteroatoms. The van der Waals surface area contributed by atoms with E-state index in [2.05, 4.69) is 44.8 Å². The largest absolute Gasteiger partial charge is 0.381 e. The van der Waals surface area contributed by atoms with Crippen molar-refractivity contribution in [3.05, 3.63) is 0 Å². The first-order chi connectivity index (χ1) is 9.80. The molecule has 124 valence electrons. The Morgan fingerprint density at radius 1 is 1.19 bits per heavy atom. The van der Waals surface area contributed by atoms with Crippen molar-refractivity contribution < 1.29 is 4.74 Å². The van der Waals surface area contributed by atoms with Crippen molar-refractivity contribution in [1.82, 2.24) is 10.2 Å². The lowest BCUT2D eigenvalue weighted by Crippen LogP contribution is -2.52. The van der Waals surface area contributed by atoms with Gasteiger partial charge in [-0.15, -0.1) is 0 Å². The third-order valence-corrected chi connectivity index (χ3v) is 4.75. The van der Waals surface area contributed by atoms with Crippen LogP contribution in [0.5, 0.6) is 0 Å². The number of hydrogen-bond acceptors (Lipinski definition) is 3. The van der Waals surface area contributed by atoms with Gasteiger partial charge in [0.05, 0.1) is 0 Å². The molecule has 0 amide bonds. The van der Waals surface area contributed by atoms with Crippen molar-refractivity contribution in [2.75, 3.05) is 32.8 Å². The maximum absolute atomic E-state index is 5.65. The Bertz CT molecular complexity index is 312. The van der Waals surface area contributed by atoms with Crippen LogP contribution in [0.15, 0.2) is 0 Å². The summed E-state index contributed by atoms with van der Waals surface area (Å²) in [6.07, 6.45) is 5.23. The van der Waals surface area contributed by atoms with E-state index in [0.29, 0.717) is 5.41 Å². The molecule has 1 aliphatic heterocycles. The van der Waals surface area contributed by atoms with Gasteiger partial charge in [-0.1, -0.05) is 13.8 Å². The van der Waals surface area contributed by atoms with Crippen LogP contribution in [0.1, 0.15) is 60.3 Å². The predicted molar refractivity (Wildman–Crippen MR) is 89.7 cm³/mol. The number of rotatable bonds is 7. The molecule has 21 heavy (non-hydrogen) atoms. The van der Waals surface area contributed by atoms with Gasteiger partial charge in [-0.3, -0.25) is 4.90 Å². The zero-order valence-electron chi connectivity index (χ0n) is 14.9. The molecule has 1 N–H and O–H groups in total. The molecule has 2 aliphatic rings. The molecule has 1 saturated heterocycles. The normalized spacial score (nSPS) is 23.0. The molecule has 0 atom stereocenters. The molecule has 0 spiro atoms. The zero-order chi connectivity index (χ0) is 15.5. The van der Waals surface area contributed by atoms with Crippen LogP contribution < -0.4 is 5.32 Å². The van der Waals surface area contributed by atoms with Crippen LogP contribution >= 0.6 is 0 Å². The Labute approximate surface area is 131 Å². The standard InChI is InChI=1S/C18H36N2O/c1-15(2)12-20(16-6-7-16)14-18(8-10-21-11-9-18)13-19-17(3,4)5/h15-16,19H,6-14H2,1-5H3. The van der Waals surface area contributed by atoms with E-state index >= 15 is 0 Å². The minimum absolute atomic E-state index is 0.202. The van der Waals surface area contributed by atoms with Gasteiger partial charge in [-0.05, 0) is 57.8 Å². The Balaban J connectivity index is 1.99. The van der Waals surface area contributed by atoms with Crippen LogP contribution in [0.4, 0.5) is 0 Å². The maximum Gasteiger partial charge on any atom is 0.0472 e. The van der Waals surface area contributed by atoms with E-state index in [9.17, 15) is 0 Å². The number of hydrogen-bond donors (Lipinski definition) is 1. The molecule has 0 bridgehead atoms. The first kappa shape index (κ1) is 17.2. The summed E-state index contributed by atoms with van der Waals surface area (Å²) in [4.78, 5) is 2.78. The summed E-state index contributed by atoms with van der Waals surface area (Å²) in [6, 6.07) is 0.863. The maximum atomic E-state index is 5.65. The monoisotopic (exact) mass is 296 g/mol. The molecule has 2 rings (SSSR count). The third kappa shape index (κ3) is 5.88. The molecule has 1 saturated carbocycles. The molecule has 0 radical (unpaired) electrons. The van der Waals surface area contributed by atoms with Gasteiger partial charge in [-0.2, -0.15) is 0 Å². The summed E-state index contributed by atoms with van der Waals surface area (Å²) in [6.45, 7) is 17.0. The molecule has 1 aliphatic carbocycles. The summed E-state index contributed by atoms with van der Waals surface area (Å²) in [7, 11) is 0. The fourth-order valence-corrected chi connectivity index (χ4v) is 3.33. The van der Waals surface area contributed by atoms with Gasteiger partial charge in [0.25, 0.3) is 0 Å². The first-order valence-electron chi connectivity index (χ1n) is 8.87. The smallest absolute Gasteiger partial charge is 0.0472 e. The van der Waals surface area contributed by atoms with E-state index in [1.54, 1.807) is 0 Å². The zero-order valence-corrected chi connectivity index (χ0v) is 14.9. The van der Waals surface area contributed by atoms with Crippen LogP contribution in [0, 0.1) is 11.3 Å². The van der Waals surface area contributed by atoms with Crippen molar-refractivity contribution in [2.45, 2.75) is 71.9 Å². The molecule has 3 nitrogen and oxygen atoms in total. The van der Waals surface area contributed by atoms with Crippen molar-refractivity contribution in [3.8, 4) is 0 Å². The molecule has 0 unspecified atom stereocenters. The third-order valence-electron chi connectivity index (χ3n) is 4.75. The summed E-state index contributed by atoms with van der Waals surface area (Å²) in [5.41, 5.74) is 0.608. The van der Waals surface area contributed by atoms with E-state index in [1.165, 1.54) is 38.8 Å². The van der Waals surface area contributed by atoms with Gasteiger partial charge >= 0.3 is 0 Å². The van der Waals surface area contributed by atoms with Crippen LogP contribution in [-0.4, -0.2) is 49.3 Å². The fourth-order valence-electron chi connectivity index (χ4n) is 3.33. The van der Waals surface area contributed by atoms with Gasteiger partial charge in [0, 0.05) is 44.4 Å². The Morgan fingerprint density at radius 2 is 1.81 bits per heavy atom. The topological polar surface area (TPSA) is 24.5 Å². The van der Waals surface area contributed by atoms with E-state index in [0.717, 1.165) is 31.7 Å². The van der Waals surface area contributed by atoms with Gasteiger partial charge in [-0.25, -0.2) is 0 Å². The second kappa shape index (κ2) is 6.97. The van der Waals surface area contributed by atoms with Gasteiger partial charge in [0.1, 0.15) is 0 Å². The molecular weight excluding hydrogens is 260 g/mol. The van der Waals surface area contributed by atoms with E-state index in [1.807, 2.05) is 0 Å². The number of nitrogens with zero attached hydrogens (tertiary/aromatic N) is 1. The Morgan fingerprint density at radius 3 is 2.29 bits per heavy atom. The van der Waals surface area contributed by atoms with Crippen molar-refractivity contribution in [3.63, 3.8) is 0 Å². The van der Waals surface area contributed by atoms with E-state index < -0.39 is 0 Å². The molecule has 0 aromatic rings. The number of ether oxygens (including phenoxy) is 1. The highest BCUT2D eigenvalue weighted by Crippen LogP contribution is 2.36. The van der Waals surface area contributed by atoms with Crippen molar-refractivity contribution in [2.24, 2.45) is 11.3 Å². The predicted octanol–water partition coefficient (Wildman–Crippen LogP) is 3.29. The summed E-state index contributed by atoms with van der Waals surface area (Å²) in [5.74, 6) is 0.762. The van der Waals surface area contributed by atoms with Gasteiger partial charge in [0.2, 0.25) is 0 Å². The highest BCUT2D eigenvalue weighted by Gasteiger charge is 2.39. The van der Waals surface area contributed by atoms with E-state index in [-0.39, 0.29) is 5.54 Å². The molecule has 0 aromatic heterocycles. The Kier molecular flexibility index (Phi) is 5.72.